The van der Waals surface area contributed by atoms with Crippen LogP contribution in [-0.4, -0.2) is 12.1 Å². The van der Waals surface area contributed by atoms with Crippen molar-refractivity contribution in [3.63, 3.8) is 0 Å². The summed E-state index contributed by atoms with van der Waals surface area (Å²) in [5.74, 6) is 0. The molecular formula is C15H25BrN2. The fraction of sp³-hybridized carbons (Fsp3) is 0.600. The van der Waals surface area contributed by atoms with E-state index in [2.05, 4.69) is 60.2 Å². The first-order valence-corrected chi connectivity index (χ1v) is 7.60. The molecule has 0 aliphatic carbocycles. The highest BCUT2D eigenvalue weighted by atomic mass is 79.9. The maximum atomic E-state index is 6.03. The first kappa shape index (κ1) is 15.5. The quantitative estimate of drug-likeness (QED) is 0.779. The predicted octanol–water partition coefficient (Wildman–Crippen LogP) is 4.47. The molecule has 1 aromatic rings. The van der Waals surface area contributed by atoms with Crippen LogP contribution in [0.1, 0.15) is 45.1 Å². The van der Waals surface area contributed by atoms with Crippen LogP contribution in [0.4, 0.5) is 5.69 Å². The lowest BCUT2D eigenvalue weighted by Gasteiger charge is -2.34. The monoisotopic (exact) mass is 312 g/mol. The van der Waals surface area contributed by atoms with E-state index in [9.17, 15) is 0 Å². The van der Waals surface area contributed by atoms with Gasteiger partial charge in [0.1, 0.15) is 0 Å². The SMILES string of the molecule is CCCC(CN)(CCC)Nc1cc(C)cc(Br)c1. The van der Waals surface area contributed by atoms with E-state index in [-0.39, 0.29) is 5.54 Å². The van der Waals surface area contributed by atoms with Crippen LogP contribution in [0.25, 0.3) is 0 Å². The molecule has 0 saturated heterocycles. The molecule has 1 aromatic carbocycles. The van der Waals surface area contributed by atoms with Gasteiger partial charge in [0.25, 0.3) is 0 Å². The van der Waals surface area contributed by atoms with Crippen molar-refractivity contribution in [2.75, 3.05) is 11.9 Å². The number of hydrogen-bond donors (Lipinski definition) is 2. The van der Waals surface area contributed by atoms with Gasteiger partial charge in [-0.1, -0.05) is 42.6 Å². The molecule has 0 aromatic heterocycles. The second kappa shape index (κ2) is 7.15. The number of anilines is 1. The Morgan fingerprint density at radius 2 is 1.78 bits per heavy atom. The van der Waals surface area contributed by atoms with E-state index in [0.29, 0.717) is 6.54 Å². The van der Waals surface area contributed by atoms with E-state index >= 15 is 0 Å². The highest BCUT2D eigenvalue weighted by Crippen LogP contribution is 2.27. The van der Waals surface area contributed by atoms with Crippen molar-refractivity contribution in [2.24, 2.45) is 5.73 Å². The summed E-state index contributed by atoms with van der Waals surface area (Å²) in [6.07, 6.45) is 4.53. The molecule has 18 heavy (non-hydrogen) atoms. The molecule has 102 valence electrons. The lowest BCUT2D eigenvalue weighted by atomic mass is 9.88. The summed E-state index contributed by atoms with van der Waals surface area (Å²) in [7, 11) is 0. The third-order valence-corrected chi connectivity index (χ3v) is 3.76. The number of nitrogens with one attached hydrogen (secondary N) is 1. The van der Waals surface area contributed by atoms with Crippen molar-refractivity contribution in [3.8, 4) is 0 Å². The van der Waals surface area contributed by atoms with Crippen LogP contribution in [-0.2, 0) is 0 Å². The van der Waals surface area contributed by atoms with Crippen LogP contribution >= 0.6 is 15.9 Å². The number of rotatable bonds is 7. The van der Waals surface area contributed by atoms with Gasteiger partial charge in [-0.3, -0.25) is 0 Å². The molecule has 0 radical (unpaired) electrons. The summed E-state index contributed by atoms with van der Waals surface area (Å²) in [4.78, 5) is 0. The minimum atomic E-state index is 0.0384. The molecule has 3 N–H and O–H groups in total. The second-order valence-electron chi connectivity index (χ2n) is 5.13. The molecule has 0 saturated carbocycles. The smallest absolute Gasteiger partial charge is 0.0495 e. The van der Waals surface area contributed by atoms with Crippen molar-refractivity contribution >= 4 is 21.6 Å². The molecule has 0 spiro atoms. The molecular weight excluding hydrogens is 288 g/mol. The van der Waals surface area contributed by atoms with E-state index in [0.717, 1.165) is 35.8 Å². The van der Waals surface area contributed by atoms with Crippen molar-refractivity contribution < 1.29 is 0 Å². The minimum Gasteiger partial charge on any atom is -0.378 e. The summed E-state index contributed by atoms with van der Waals surface area (Å²) in [5.41, 5.74) is 8.48. The molecule has 2 nitrogen and oxygen atoms in total. The average molecular weight is 313 g/mol. The topological polar surface area (TPSA) is 38.0 Å². The summed E-state index contributed by atoms with van der Waals surface area (Å²) in [6.45, 7) is 7.22. The third kappa shape index (κ3) is 4.29. The van der Waals surface area contributed by atoms with E-state index in [1.807, 2.05) is 0 Å². The molecule has 0 unspecified atom stereocenters. The Balaban J connectivity index is 2.93. The maximum Gasteiger partial charge on any atom is 0.0495 e. The minimum absolute atomic E-state index is 0.0384. The van der Waals surface area contributed by atoms with Gasteiger partial charge >= 0.3 is 0 Å². The zero-order valence-electron chi connectivity index (χ0n) is 11.7. The summed E-state index contributed by atoms with van der Waals surface area (Å²) >= 11 is 3.55. The zero-order chi connectivity index (χ0) is 13.6. The van der Waals surface area contributed by atoms with Gasteiger partial charge in [-0.2, -0.15) is 0 Å². The lowest BCUT2D eigenvalue weighted by Crippen LogP contribution is -2.45. The standard InChI is InChI=1S/C15H25BrN2/c1-4-6-15(11-17,7-5-2)18-14-9-12(3)8-13(16)10-14/h8-10,18H,4-7,11,17H2,1-3H3. The normalized spacial score (nSPS) is 11.6. The van der Waals surface area contributed by atoms with Gasteiger partial charge in [0, 0.05) is 22.2 Å². The van der Waals surface area contributed by atoms with Crippen LogP contribution < -0.4 is 11.1 Å². The Kier molecular flexibility index (Phi) is 6.16. The molecule has 1 rings (SSSR count). The number of aryl methyl sites for hydroxylation is 1. The van der Waals surface area contributed by atoms with Crippen LogP contribution in [0.2, 0.25) is 0 Å². The van der Waals surface area contributed by atoms with Gasteiger partial charge in [0.2, 0.25) is 0 Å². The summed E-state index contributed by atoms with van der Waals surface area (Å²) in [5, 5.41) is 3.67. The Hall–Kier alpha value is -0.540. The number of benzene rings is 1. The van der Waals surface area contributed by atoms with Gasteiger partial charge in [-0.25, -0.2) is 0 Å². The van der Waals surface area contributed by atoms with Gasteiger partial charge in [-0.15, -0.1) is 0 Å². The van der Waals surface area contributed by atoms with Gasteiger partial charge in [0.15, 0.2) is 0 Å². The van der Waals surface area contributed by atoms with Crippen molar-refractivity contribution in [1.82, 2.24) is 0 Å². The molecule has 0 aliphatic rings. The Morgan fingerprint density at radius 3 is 2.22 bits per heavy atom. The van der Waals surface area contributed by atoms with E-state index < -0.39 is 0 Å². The number of hydrogen-bond acceptors (Lipinski definition) is 2. The first-order valence-electron chi connectivity index (χ1n) is 6.80. The van der Waals surface area contributed by atoms with Crippen molar-refractivity contribution in [3.05, 3.63) is 28.2 Å². The Bertz CT molecular complexity index is 351. The first-order chi connectivity index (χ1) is 8.55. The predicted molar refractivity (Wildman–Crippen MR) is 84.1 cm³/mol. The average Bonchev–Trinajstić information content (AvgIpc) is 2.28. The molecule has 0 amide bonds. The number of halogens is 1. The van der Waals surface area contributed by atoms with Gasteiger partial charge in [0.05, 0.1) is 0 Å². The van der Waals surface area contributed by atoms with Crippen LogP contribution in [0, 0.1) is 6.92 Å². The van der Waals surface area contributed by atoms with Crippen molar-refractivity contribution in [1.29, 1.82) is 0 Å². The van der Waals surface area contributed by atoms with Gasteiger partial charge in [-0.05, 0) is 43.5 Å². The van der Waals surface area contributed by atoms with Crippen molar-refractivity contribution in [2.45, 2.75) is 52.0 Å². The highest BCUT2D eigenvalue weighted by molar-refractivity contribution is 9.10. The van der Waals surface area contributed by atoms with E-state index in [4.69, 9.17) is 5.73 Å². The van der Waals surface area contributed by atoms with Crippen LogP contribution in [0.5, 0.6) is 0 Å². The molecule has 0 fully saturated rings. The fourth-order valence-corrected chi connectivity index (χ4v) is 3.18. The zero-order valence-corrected chi connectivity index (χ0v) is 13.3. The maximum absolute atomic E-state index is 6.03. The van der Waals surface area contributed by atoms with E-state index in [1.54, 1.807) is 0 Å². The Labute approximate surface area is 119 Å². The van der Waals surface area contributed by atoms with Crippen LogP contribution in [0.15, 0.2) is 22.7 Å². The Morgan fingerprint density at radius 1 is 1.17 bits per heavy atom. The fourth-order valence-electron chi connectivity index (χ4n) is 2.58. The van der Waals surface area contributed by atoms with E-state index in [1.165, 1.54) is 5.56 Å². The molecule has 0 heterocycles. The molecule has 0 bridgehead atoms. The third-order valence-electron chi connectivity index (χ3n) is 3.30. The largest absolute Gasteiger partial charge is 0.378 e. The summed E-state index contributed by atoms with van der Waals surface area (Å²) < 4.78 is 1.11. The number of nitrogens with two attached hydrogens (primary N) is 1. The molecule has 3 heteroatoms. The summed E-state index contributed by atoms with van der Waals surface area (Å²) in [6, 6.07) is 6.43. The van der Waals surface area contributed by atoms with Gasteiger partial charge < -0.3 is 11.1 Å². The molecule has 0 aliphatic heterocycles. The lowest BCUT2D eigenvalue weighted by molar-refractivity contribution is 0.401. The second-order valence-corrected chi connectivity index (χ2v) is 6.04. The molecule has 0 atom stereocenters. The van der Waals surface area contributed by atoms with Crippen LogP contribution in [0.3, 0.4) is 0 Å². The highest BCUT2D eigenvalue weighted by Gasteiger charge is 2.26.